The third-order valence-corrected chi connectivity index (χ3v) is 6.51. The zero-order valence-electron chi connectivity index (χ0n) is 19.0. The van der Waals surface area contributed by atoms with Crippen LogP contribution in [0.2, 0.25) is 0 Å². The minimum Gasteiger partial charge on any atom is -0.481 e. The van der Waals surface area contributed by atoms with Crippen LogP contribution >= 0.6 is 0 Å². The maximum Gasteiger partial charge on any atom is 0.258 e. The van der Waals surface area contributed by atoms with Crippen LogP contribution in [0.4, 0.5) is 10.1 Å². The first-order valence-corrected chi connectivity index (χ1v) is 11.4. The Morgan fingerprint density at radius 2 is 1.88 bits per heavy atom. The Hall–Kier alpha value is -2.64. The summed E-state index contributed by atoms with van der Waals surface area (Å²) in [5, 5.41) is 3.02. The molecule has 2 aliphatic rings. The zero-order chi connectivity index (χ0) is 22.5. The molecule has 32 heavy (non-hydrogen) atoms. The maximum atomic E-state index is 13.7. The predicted molar refractivity (Wildman–Crippen MR) is 125 cm³/mol. The number of ether oxygens (including phenoxy) is 1. The average Bonchev–Trinajstić information content (AvgIpc) is 2.80. The van der Waals surface area contributed by atoms with Crippen LogP contribution in [-0.2, 0) is 11.2 Å². The molecule has 0 unspecified atom stereocenters. The van der Waals surface area contributed by atoms with Crippen molar-refractivity contribution < 1.29 is 13.9 Å². The maximum absolute atomic E-state index is 13.7. The van der Waals surface area contributed by atoms with Crippen molar-refractivity contribution in [2.45, 2.75) is 18.9 Å². The Labute approximate surface area is 189 Å². The Morgan fingerprint density at radius 1 is 1.09 bits per heavy atom. The number of rotatable bonds is 7. The first kappa shape index (κ1) is 22.6. The summed E-state index contributed by atoms with van der Waals surface area (Å²) in [6.45, 7) is 5.32. The number of amides is 1. The van der Waals surface area contributed by atoms with E-state index < -0.39 is 5.82 Å². The SMILES string of the molecule is CN1CCN([C@H](CNC(=O)COc2ccccc2F)c2ccc3c(c2)CCCN3C)CC1. The summed E-state index contributed by atoms with van der Waals surface area (Å²) >= 11 is 0. The van der Waals surface area contributed by atoms with Gasteiger partial charge in [-0.05, 0) is 49.2 Å². The van der Waals surface area contributed by atoms with Crippen molar-refractivity contribution in [3.63, 3.8) is 0 Å². The highest BCUT2D eigenvalue weighted by Gasteiger charge is 2.26. The molecule has 172 valence electrons. The molecule has 2 aromatic carbocycles. The lowest BCUT2D eigenvalue weighted by Gasteiger charge is -2.39. The largest absolute Gasteiger partial charge is 0.481 e. The second-order valence-electron chi connectivity index (χ2n) is 8.79. The number of anilines is 1. The van der Waals surface area contributed by atoms with Gasteiger partial charge in [0.1, 0.15) is 0 Å². The number of hydrogen-bond donors (Lipinski definition) is 1. The fourth-order valence-electron chi connectivity index (χ4n) is 4.57. The standard InChI is InChI=1S/C25H33FN4O2/c1-28-12-14-30(15-13-28)23(20-9-10-22-19(16-20)6-5-11-29(22)2)17-27-25(31)18-32-24-8-4-3-7-21(24)26/h3-4,7-10,16,23H,5-6,11-15,17-18H2,1-2H3,(H,27,31)/t23-/m1/s1. The lowest BCUT2D eigenvalue weighted by molar-refractivity contribution is -0.123. The third kappa shape index (κ3) is 5.40. The minimum atomic E-state index is -0.463. The molecule has 1 fully saturated rings. The molecule has 6 nitrogen and oxygen atoms in total. The van der Waals surface area contributed by atoms with Gasteiger partial charge in [-0.15, -0.1) is 0 Å². The molecular weight excluding hydrogens is 407 g/mol. The fourth-order valence-corrected chi connectivity index (χ4v) is 4.57. The summed E-state index contributed by atoms with van der Waals surface area (Å²) in [5.74, 6) is -0.614. The number of nitrogens with one attached hydrogen (secondary N) is 1. The van der Waals surface area contributed by atoms with Crippen LogP contribution in [0.15, 0.2) is 42.5 Å². The molecule has 7 heteroatoms. The second kappa shape index (κ2) is 10.3. The number of para-hydroxylation sites is 1. The molecule has 0 aromatic heterocycles. The van der Waals surface area contributed by atoms with Crippen LogP contribution in [0.3, 0.4) is 0 Å². The van der Waals surface area contributed by atoms with Gasteiger partial charge in [-0.25, -0.2) is 4.39 Å². The van der Waals surface area contributed by atoms with Crippen LogP contribution in [0, 0.1) is 5.82 Å². The molecule has 4 rings (SSSR count). The molecule has 0 saturated carbocycles. The highest BCUT2D eigenvalue weighted by molar-refractivity contribution is 5.77. The van der Waals surface area contributed by atoms with E-state index in [-0.39, 0.29) is 24.3 Å². The number of likely N-dealkylation sites (N-methyl/N-ethyl adjacent to an activating group) is 1. The van der Waals surface area contributed by atoms with Gasteiger partial charge in [0.05, 0.1) is 6.04 Å². The summed E-state index contributed by atoms with van der Waals surface area (Å²) < 4.78 is 19.1. The molecule has 2 aromatic rings. The van der Waals surface area contributed by atoms with Gasteiger partial charge in [0, 0.05) is 52.0 Å². The van der Waals surface area contributed by atoms with Crippen LogP contribution < -0.4 is 15.0 Å². The van der Waals surface area contributed by atoms with E-state index in [0.29, 0.717) is 6.54 Å². The van der Waals surface area contributed by atoms with Crippen molar-refractivity contribution in [3.05, 3.63) is 59.4 Å². The molecular formula is C25H33FN4O2. The summed E-state index contributed by atoms with van der Waals surface area (Å²) in [7, 11) is 4.29. The highest BCUT2D eigenvalue weighted by Crippen LogP contribution is 2.31. The van der Waals surface area contributed by atoms with E-state index in [0.717, 1.165) is 45.6 Å². The first-order chi connectivity index (χ1) is 15.5. The number of carbonyl (C=O) groups excluding carboxylic acids is 1. The quantitative estimate of drug-likeness (QED) is 0.718. The Kier molecular flexibility index (Phi) is 7.27. The van der Waals surface area contributed by atoms with Crippen molar-refractivity contribution in [1.29, 1.82) is 0 Å². The molecule has 0 spiro atoms. The number of aryl methyl sites for hydroxylation is 1. The number of nitrogens with zero attached hydrogens (tertiary/aromatic N) is 3. The smallest absolute Gasteiger partial charge is 0.258 e. The Morgan fingerprint density at radius 3 is 2.66 bits per heavy atom. The zero-order valence-corrected chi connectivity index (χ0v) is 19.0. The van der Waals surface area contributed by atoms with Gasteiger partial charge >= 0.3 is 0 Å². The monoisotopic (exact) mass is 440 g/mol. The van der Waals surface area contributed by atoms with Gasteiger partial charge in [0.2, 0.25) is 0 Å². The lowest BCUT2D eigenvalue weighted by Crippen LogP contribution is -2.48. The van der Waals surface area contributed by atoms with E-state index in [2.05, 4.69) is 52.3 Å². The highest BCUT2D eigenvalue weighted by atomic mass is 19.1. The average molecular weight is 441 g/mol. The molecule has 1 amide bonds. The summed E-state index contributed by atoms with van der Waals surface area (Å²) in [5.41, 5.74) is 3.92. The van der Waals surface area contributed by atoms with Gasteiger partial charge in [0.15, 0.2) is 18.2 Å². The normalized spacial score (nSPS) is 18.2. The number of fused-ring (bicyclic) bond motifs is 1. The van der Waals surface area contributed by atoms with Crippen molar-refractivity contribution >= 4 is 11.6 Å². The van der Waals surface area contributed by atoms with E-state index in [4.69, 9.17) is 4.74 Å². The Balaban J connectivity index is 1.44. The van der Waals surface area contributed by atoms with E-state index >= 15 is 0 Å². The Bertz CT molecular complexity index is 930. The van der Waals surface area contributed by atoms with Crippen LogP contribution in [0.25, 0.3) is 0 Å². The van der Waals surface area contributed by atoms with E-state index in [1.807, 2.05) is 0 Å². The van der Waals surface area contributed by atoms with Crippen molar-refractivity contribution in [1.82, 2.24) is 15.1 Å². The van der Waals surface area contributed by atoms with Gasteiger partial charge in [-0.2, -0.15) is 0 Å². The van der Waals surface area contributed by atoms with Gasteiger partial charge in [-0.1, -0.05) is 24.3 Å². The van der Waals surface area contributed by atoms with Gasteiger partial charge in [-0.3, -0.25) is 9.69 Å². The number of hydrogen-bond acceptors (Lipinski definition) is 5. The molecule has 2 heterocycles. The number of halogens is 1. The molecule has 0 bridgehead atoms. The molecule has 1 N–H and O–H groups in total. The summed E-state index contributed by atoms with van der Waals surface area (Å²) in [4.78, 5) is 19.6. The van der Waals surface area contributed by atoms with Crippen molar-refractivity contribution in [3.8, 4) is 5.75 Å². The molecule has 0 radical (unpaired) electrons. The predicted octanol–water partition coefficient (Wildman–Crippen LogP) is 2.69. The van der Waals surface area contributed by atoms with E-state index in [9.17, 15) is 9.18 Å². The lowest BCUT2D eigenvalue weighted by atomic mass is 9.95. The van der Waals surface area contributed by atoms with Crippen molar-refractivity contribution in [2.24, 2.45) is 0 Å². The fraction of sp³-hybridized carbons (Fsp3) is 0.480. The number of piperazine rings is 1. The van der Waals surface area contributed by atoms with Gasteiger partial charge in [0.25, 0.3) is 5.91 Å². The third-order valence-electron chi connectivity index (χ3n) is 6.51. The van der Waals surface area contributed by atoms with Crippen LogP contribution in [-0.4, -0.2) is 75.7 Å². The second-order valence-corrected chi connectivity index (χ2v) is 8.79. The van der Waals surface area contributed by atoms with Gasteiger partial charge < -0.3 is 19.9 Å². The molecule has 1 atom stereocenters. The number of benzene rings is 2. The summed E-state index contributed by atoms with van der Waals surface area (Å²) in [6.07, 6.45) is 2.25. The van der Waals surface area contributed by atoms with E-state index in [1.165, 1.54) is 28.9 Å². The minimum absolute atomic E-state index is 0.0945. The number of carbonyl (C=O) groups is 1. The molecule has 1 saturated heterocycles. The first-order valence-electron chi connectivity index (χ1n) is 11.4. The topological polar surface area (TPSA) is 48.1 Å². The van der Waals surface area contributed by atoms with E-state index in [1.54, 1.807) is 12.1 Å². The molecule has 2 aliphatic heterocycles. The van der Waals surface area contributed by atoms with Crippen LogP contribution in [0.5, 0.6) is 5.75 Å². The van der Waals surface area contributed by atoms with Crippen LogP contribution in [0.1, 0.15) is 23.6 Å². The molecule has 0 aliphatic carbocycles. The van der Waals surface area contributed by atoms with Crippen molar-refractivity contribution in [2.75, 3.05) is 64.9 Å². The summed E-state index contributed by atoms with van der Waals surface area (Å²) in [6, 6.07) is 13.0.